The van der Waals surface area contributed by atoms with Crippen LogP contribution in [0.5, 0.6) is 5.75 Å². The fourth-order valence-corrected chi connectivity index (χ4v) is 2.86. The van der Waals surface area contributed by atoms with Crippen molar-refractivity contribution < 1.29 is 14.6 Å². The molecule has 3 rings (SSSR count). The van der Waals surface area contributed by atoms with E-state index in [9.17, 15) is 4.79 Å². The lowest BCUT2D eigenvalue weighted by Crippen LogP contribution is -1.99. The van der Waals surface area contributed by atoms with E-state index in [0.717, 1.165) is 28.0 Å². The minimum absolute atomic E-state index is 0.139. The van der Waals surface area contributed by atoms with Crippen LogP contribution in [0.25, 0.3) is 5.57 Å². The van der Waals surface area contributed by atoms with Gasteiger partial charge in [-0.1, -0.05) is 72.8 Å². The molecule has 27 heavy (non-hydrogen) atoms. The highest BCUT2D eigenvalue weighted by molar-refractivity contribution is 5.79. The van der Waals surface area contributed by atoms with Gasteiger partial charge in [-0.25, -0.2) is 0 Å². The molecule has 0 radical (unpaired) electrons. The summed E-state index contributed by atoms with van der Waals surface area (Å²) in [4.78, 5) is 10.6. The van der Waals surface area contributed by atoms with Crippen molar-refractivity contribution in [2.45, 2.75) is 12.8 Å². The normalized spacial score (nSPS) is 10.2. The standard InChI is InChI=1S/C24H22O3/c25-24(26)16-13-19-11-14-22(15-12-19)27-18-17-23(20-7-3-1-4-8-20)21-9-5-2-6-10-21/h1-12,14-15,17H,13,16,18H2,(H,25,26). The molecular formula is C24H22O3. The van der Waals surface area contributed by atoms with Crippen molar-refractivity contribution in [1.29, 1.82) is 0 Å². The van der Waals surface area contributed by atoms with Gasteiger partial charge in [-0.05, 0) is 46.9 Å². The molecule has 0 fully saturated rings. The summed E-state index contributed by atoms with van der Waals surface area (Å²) in [6.45, 7) is 0.452. The molecule has 0 aliphatic heterocycles. The van der Waals surface area contributed by atoms with Crippen molar-refractivity contribution in [3.05, 3.63) is 108 Å². The van der Waals surface area contributed by atoms with Crippen LogP contribution in [0.4, 0.5) is 0 Å². The van der Waals surface area contributed by atoms with Gasteiger partial charge in [-0.2, -0.15) is 0 Å². The number of ether oxygens (including phenoxy) is 1. The summed E-state index contributed by atoms with van der Waals surface area (Å²) >= 11 is 0. The third kappa shape index (κ3) is 5.58. The van der Waals surface area contributed by atoms with Crippen LogP contribution < -0.4 is 4.74 Å². The van der Waals surface area contributed by atoms with Crippen molar-refractivity contribution in [2.24, 2.45) is 0 Å². The van der Waals surface area contributed by atoms with Crippen molar-refractivity contribution in [3.63, 3.8) is 0 Å². The Labute approximate surface area is 159 Å². The number of hydrogen-bond donors (Lipinski definition) is 1. The Balaban J connectivity index is 1.69. The van der Waals surface area contributed by atoms with Gasteiger partial charge in [0.1, 0.15) is 12.4 Å². The predicted octanol–water partition coefficient (Wildman–Crippen LogP) is 5.21. The summed E-state index contributed by atoms with van der Waals surface area (Å²) in [5, 5.41) is 8.75. The van der Waals surface area contributed by atoms with Crippen molar-refractivity contribution >= 4 is 11.5 Å². The number of carboxylic acids is 1. The molecule has 0 aliphatic rings. The fraction of sp³-hybridized carbons (Fsp3) is 0.125. The average Bonchev–Trinajstić information content (AvgIpc) is 2.72. The molecule has 0 bridgehead atoms. The number of benzene rings is 3. The number of carboxylic acid groups (broad SMARTS) is 1. The first-order chi connectivity index (χ1) is 13.2. The Morgan fingerprint density at radius 3 is 1.89 bits per heavy atom. The van der Waals surface area contributed by atoms with Crippen LogP contribution in [-0.2, 0) is 11.2 Å². The SMILES string of the molecule is O=C(O)CCc1ccc(OCC=C(c2ccccc2)c2ccccc2)cc1. The molecule has 0 unspecified atom stereocenters. The molecule has 3 heteroatoms. The van der Waals surface area contributed by atoms with E-state index in [1.54, 1.807) is 0 Å². The van der Waals surface area contributed by atoms with Crippen LogP contribution in [0.2, 0.25) is 0 Å². The van der Waals surface area contributed by atoms with Gasteiger partial charge in [0.15, 0.2) is 0 Å². The Kier molecular flexibility index (Phi) is 6.42. The average molecular weight is 358 g/mol. The minimum atomic E-state index is -0.783. The molecular weight excluding hydrogens is 336 g/mol. The Hall–Kier alpha value is -3.33. The molecule has 0 heterocycles. The maximum Gasteiger partial charge on any atom is 0.303 e. The van der Waals surface area contributed by atoms with Gasteiger partial charge < -0.3 is 9.84 Å². The molecule has 0 aliphatic carbocycles. The van der Waals surface area contributed by atoms with E-state index in [0.29, 0.717) is 13.0 Å². The molecule has 0 amide bonds. The van der Waals surface area contributed by atoms with Gasteiger partial charge in [0.25, 0.3) is 0 Å². The lowest BCUT2D eigenvalue weighted by atomic mass is 9.98. The van der Waals surface area contributed by atoms with E-state index in [1.165, 1.54) is 0 Å². The fourth-order valence-electron chi connectivity index (χ4n) is 2.86. The molecule has 0 spiro atoms. The summed E-state index contributed by atoms with van der Waals surface area (Å²) in [5.74, 6) is -0.0133. The molecule has 0 saturated carbocycles. The third-order valence-electron chi connectivity index (χ3n) is 4.26. The molecule has 0 saturated heterocycles. The second-order valence-electron chi connectivity index (χ2n) is 6.20. The van der Waals surface area contributed by atoms with E-state index in [-0.39, 0.29) is 6.42 Å². The maximum absolute atomic E-state index is 10.6. The summed E-state index contributed by atoms with van der Waals surface area (Å²) in [6, 6.07) is 28.1. The van der Waals surface area contributed by atoms with Gasteiger partial charge in [-0.15, -0.1) is 0 Å². The van der Waals surface area contributed by atoms with Crippen LogP contribution in [0.3, 0.4) is 0 Å². The minimum Gasteiger partial charge on any atom is -0.490 e. The quantitative estimate of drug-likeness (QED) is 0.601. The highest BCUT2D eigenvalue weighted by Crippen LogP contribution is 2.23. The number of hydrogen-bond acceptors (Lipinski definition) is 2. The molecule has 136 valence electrons. The molecule has 1 N–H and O–H groups in total. The Bertz CT molecular complexity index is 840. The topological polar surface area (TPSA) is 46.5 Å². The smallest absolute Gasteiger partial charge is 0.303 e. The largest absolute Gasteiger partial charge is 0.490 e. The first kappa shape index (κ1) is 18.5. The lowest BCUT2D eigenvalue weighted by Gasteiger charge is -2.10. The zero-order valence-corrected chi connectivity index (χ0v) is 15.0. The van der Waals surface area contributed by atoms with Gasteiger partial charge >= 0.3 is 5.97 Å². The van der Waals surface area contributed by atoms with Gasteiger partial charge in [0.05, 0.1) is 0 Å². The summed E-state index contributed by atoms with van der Waals surface area (Å²) in [7, 11) is 0. The number of carbonyl (C=O) groups is 1. The molecule has 3 aromatic carbocycles. The second-order valence-corrected chi connectivity index (χ2v) is 6.20. The number of rotatable bonds is 8. The van der Waals surface area contributed by atoms with Gasteiger partial charge in [-0.3, -0.25) is 4.79 Å². The van der Waals surface area contributed by atoms with Gasteiger partial charge in [0.2, 0.25) is 0 Å². The van der Waals surface area contributed by atoms with E-state index >= 15 is 0 Å². The van der Waals surface area contributed by atoms with Crippen LogP contribution in [0.1, 0.15) is 23.1 Å². The molecule has 0 aromatic heterocycles. The van der Waals surface area contributed by atoms with Crippen molar-refractivity contribution in [1.82, 2.24) is 0 Å². The molecule has 0 atom stereocenters. The highest BCUT2D eigenvalue weighted by Gasteiger charge is 2.04. The highest BCUT2D eigenvalue weighted by atomic mass is 16.5. The monoisotopic (exact) mass is 358 g/mol. The Morgan fingerprint density at radius 1 is 0.815 bits per heavy atom. The number of aryl methyl sites for hydroxylation is 1. The van der Waals surface area contributed by atoms with E-state index in [4.69, 9.17) is 9.84 Å². The van der Waals surface area contributed by atoms with Crippen LogP contribution in [0, 0.1) is 0 Å². The van der Waals surface area contributed by atoms with E-state index in [2.05, 4.69) is 30.3 Å². The molecule has 3 nitrogen and oxygen atoms in total. The first-order valence-corrected chi connectivity index (χ1v) is 8.97. The summed E-state index contributed by atoms with van der Waals surface area (Å²) < 4.78 is 5.87. The molecule has 3 aromatic rings. The van der Waals surface area contributed by atoms with E-state index in [1.807, 2.05) is 60.7 Å². The van der Waals surface area contributed by atoms with Gasteiger partial charge in [0, 0.05) is 6.42 Å². The third-order valence-corrected chi connectivity index (χ3v) is 4.26. The second kappa shape index (κ2) is 9.39. The summed E-state index contributed by atoms with van der Waals surface area (Å²) in [5.41, 5.74) is 4.43. The maximum atomic E-state index is 10.6. The van der Waals surface area contributed by atoms with Crippen LogP contribution >= 0.6 is 0 Å². The zero-order valence-electron chi connectivity index (χ0n) is 15.0. The Morgan fingerprint density at radius 2 is 1.37 bits per heavy atom. The first-order valence-electron chi connectivity index (χ1n) is 8.97. The predicted molar refractivity (Wildman–Crippen MR) is 108 cm³/mol. The van der Waals surface area contributed by atoms with Crippen LogP contribution in [-0.4, -0.2) is 17.7 Å². The van der Waals surface area contributed by atoms with Crippen molar-refractivity contribution in [3.8, 4) is 5.75 Å². The van der Waals surface area contributed by atoms with Crippen LogP contribution in [0.15, 0.2) is 91.0 Å². The summed E-state index contributed by atoms with van der Waals surface area (Å²) in [6.07, 6.45) is 2.76. The van der Waals surface area contributed by atoms with E-state index < -0.39 is 5.97 Å². The number of aliphatic carboxylic acids is 1. The van der Waals surface area contributed by atoms with Crippen molar-refractivity contribution in [2.75, 3.05) is 6.61 Å². The lowest BCUT2D eigenvalue weighted by molar-refractivity contribution is -0.136. The zero-order chi connectivity index (χ0) is 18.9.